The summed E-state index contributed by atoms with van der Waals surface area (Å²) < 4.78 is 38.9. The number of urea groups is 1. The highest BCUT2D eigenvalue weighted by molar-refractivity contribution is 5.77. The SMILES string of the molecule is O=C(O)[C@@H]1CN(C(=O)NCC2CC3C=CC2CC3)C[C@H]1C(F)(F)F. The van der Waals surface area contributed by atoms with E-state index in [1.54, 1.807) is 0 Å². The Bertz CT molecular complexity index is 549. The van der Waals surface area contributed by atoms with E-state index >= 15 is 0 Å². The maximum Gasteiger partial charge on any atom is 0.394 e. The van der Waals surface area contributed by atoms with Gasteiger partial charge in [0.15, 0.2) is 0 Å². The van der Waals surface area contributed by atoms with Gasteiger partial charge in [-0.3, -0.25) is 4.79 Å². The second-order valence-corrected chi connectivity index (χ2v) is 7.07. The van der Waals surface area contributed by atoms with Gasteiger partial charge in [0.05, 0.1) is 11.8 Å². The van der Waals surface area contributed by atoms with Crippen LogP contribution in [0.25, 0.3) is 0 Å². The fourth-order valence-corrected chi connectivity index (χ4v) is 4.17. The number of carbonyl (C=O) groups is 2. The predicted molar refractivity (Wildman–Crippen MR) is 79.1 cm³/mol. The van der Waals surface area contributed by atoms with Crippen LogP contribution in [0.5, 0.6) is 0 Å². The van der Waals surface area contributed by atoms with Gasteiger partial charge in [0.2, 0.25) is 0 Å². The smallest absolute Gasteiger partial charge is 0.394 e. The van der Waals surface area contributed by atoms with Crippen molar-refractivity contribution in [3.8, 4) is 0 Å². The van der Waals surface area contributed by atoms with E-state index in [1.165, 1.54) is 0 Å². The molecule has 1 heterocycles. The monoisotopic (exact) mass is 346 g/mol. The van der Waals surface area contributed by atoms with Crippen LogP contribution in [0.4, 0.5) is 18.0 Å². The number of carboxylic acid groups (broad SMARTS) is 1. The van der Waals surface area contributed by atoms with Gasteiger partial charge in [0, 0.05) is 19.6 Å². The number of hydrogen-bond acceptors (Lipinski definition) is 2. The summed E-state index contributed by atoms with van der Waals surface area (Å²) in [5, 5.41) is 11.7. The Morgan fingerprint density at radius 3 is 2.42 bits per heavy atom. The quantitative estimate of drug-likeness (QED) is 0.772. The summed E-state index contributed by atoms with van der Waals surface area (Å²) >= 11 is 0. The van der Waals surface area contributed by atoms with Crippen LogP contribution in [-0.4, -0.2) is 47.8 Å². The third-order valence-electron chi connectivity index (χ3n) is 5.57. The average molecular weight is 346 g/mol. The van der Waals surface area contributed by atoms with Crippen molar-refractivity contribution in [2.24, 2.45) is 29.6 Å². The second-order valence-electron chi connectivity index (χ2n) is 7.07. The van der Waals surface area contributed by atoms with Gasteiger partial charge in [0.25, 0.3) is 0 Å². The van der Waals surface area contributed by atoms with E-state index in [0.29, 0.717) is 24.3 Å². The number of carboxylic acids is 1. The lowest BCUT2D eigenvalue weighted by atomic mass is 9.69. The fraction of sp³-hybridized carbons (Fsp3) is 0.750. The number of aliphatic carboxylic acids is 1. The molecule has 134 valence electrons. The number of hydrogen-bond donors (Lipinski definition) is 2. The molecule has 2 amide bonds. The Kier molecular flexibility index (Phi) is 4.48. The number of likely N-dealkylation sites (tertiary alicyclic amines) is 1. The number of halogens is 3. The molecule has 5 nitrogen and oxygen atoms in total. The van der Waals surface area contributed by atoms with E-state index in [-0.39, 0.29) is 0 Å². The zero-order chi connectivity index (χ0) is 17.5. The number of alkyl halides is 3. The first kappa shape index (κ1) is 17.1. The third kappa shape index (κ3) is 3.37. The number of fused-ring (bicyclic) bond motifs is 2. The minimum atomic E-state index is -4.62. The van der Waals surface area contributed by atoms with Crippen LogP contribution in [0.15, 0.2) is 12.2 Å². The minimum absolute atomic E-state index is 0.314. The molecule has 0 spiro atoms. The summed E-state index contributed by atoms with van der Waals surface area (Å²) in [6.45, 7) is -0.569. The molecule has 4 aliphatic rings. The Morgan fingerprint density at radius 2 is 1.96 bits per heavy atom. The van der Waals surface area contributed by atoms with Crippen LogP contribution >= 0.6 is 0 Å². The molecule has 1 aliphatic heterocycles. The molecule has 0 radical (unpaired) electrons. The number of nitrogens with zero attached hydrogens (tertiary/aromatic N) is 1. The molecule has 8 heteroatoms. The standard InChI is InChI=1S/C16H21F3N2O3/c17-16(18,19)13-8-21(7-12(13)14(22)23)15(24)20-6-11-5-9-1-3-10(11)4-2-9/h1,3,9-13H,2,4-8H2,(H,20,24)(H,22,23)/t9?,10?,11?,12-,13-/m1/s1. The summed E-state index contributed by atoms with van der Waals surface area (Å²) in [5.74, 6) is -3.84. The number of amides is 2. The maximum atomic E-state index is 13.0. The van der Waals surface area contributed by atoms with Crippen molar-refractivity contribution in [3.63, 3.8) is 0 Å². The highest BCUT2D eigenvalue weighted by Crippen LogP contribution is 2.40. The molecule has 2 N–H and O–H groups in total. The van der Waals surface area contributed by atoms with Gasteiger partial charge in [0.1, 0.15) is 0 Å². The Morgan fingerprint density at radius 1 is 1.21 bits per heavy atom. The number of allylic oxidation sites excluding steroid dienone is 2. The molecule has 3 unspecified atom stereocenters. The number of nitrogens with one attached hydrogen (secondary N) is 1. The molecule has 0 aromatic heterocycles. The lowest BCUT2D eigenvalue weighted by molar-refractivity contribution is -0.187. The van der Waals surface area contributed by atoms with E-state index in [1.807, 2.05) is 0 Å². The van der Waals surface area contributed by atoms with Crippen molar-refractivity contribution in [3.05, 3.63) is 12.2 Å². The molecule has 2 bridgehead atoms. The summed E-state index contributed by atoms with van der Waals surface area (Å²) in [4.78, 5) is 24.2. The molecule has 1 saturated heterocycles. The zero-order valence-corrected chi connectivity index (χ0v) is 13.1. The van der Waals surface area contributed by atoms with Gasteiger partial charge in [-0.1, -0.05) is 12.2 Å². The van der Waals surface area contributed by atoms with Crippen LogP contribution in [0.3, 0.4) is 0 Å². The Labute approximate surface area is 137 Å². The van der Waals surface area contributed by atoms with E-state index in [9.17, 15) is 22.8 Å². The molecule has 24 heavy (non-hydrogen) atoms. The topological polar surface area (TPSA) is 69.6 Å². The molecule has 4 rings (SSSR count). The van der Waals surface area contributed by atoms with Crippen molar-refractivity contribution in [1.29, 1.82) is 0 Å². The van der Waals surface area contributed by atoms with Crippen LogP contribution in [-0.2, 0) is 4.79 Å². The number of carbonyl (C=O) groups excluding carboxylic acids is 1. The van der Waals surface area contributed by atoms with Crippen molar-refractivity contribution in [1.82, 2.24) is 10.2 Å². The van der Waals surface area contributed by atoms with Crippen LogP contribution in [0.1, 0.15) is 19.3 Å². The third-order valence-corrected chi connectivity index (χ3v) is 5.57. The van der Waals surface area contributed by atoms with E-state index in [4.69, 9.17) is 5.11 Å². The first-order valence-corrected chi connectivity index (χ1v) is 8.26. The van der Waals surface area contributed by atoms with Gasteiger partial charge in [-0.2, -0.15) is 13.2 Å². The fourth-order valence-electron chi connectivity index (χ4n) is 4.17. The van der Waals surface area contributed by atoms with Gasteiger partial charge in [-0.05, 0) is 37.0 Å². The summed E-state index contributed by atoms with van der Waals surface area (Å²) in [6.07, 6.45) is 2.99. The normalized spacial score (nSPS) is 35.3. The lowest BCUT2D eigenvalue weighted by Gasteiger charge is -2.38. The van der Waals surface area contributed by atoms with Crippen molar-refractivity contribution >= 4 is 12.0 Å². The van der Waals surface area contributed by atoms with Crippen molar-refractivity contribution in [2.45, 2.75) is 25.4 Å². The molecule has 2 fully saturated rings. The molecule has 0 aromatic rings. The van der Waals surface area contributed by atoms with Gasteiger partial charge in [-0.25, -0.2) is 4.79 Å². The lowest BCUT2D eigenvalue weighted by Crippen LogP contribution is -2.43. The highest BCUT2D eigenvalue weighted by Gasteiger charge is 2.53. The number of rotatable bonds is 3. The second kappa shape index (κ2) is 6.29. The van der Waals surface area contributed by atoms with Crippen LogP contribution in [0.2, 0.25) is 0 Å². The zero-order valence-electron chi connectivity index (χ0n) is 13.1. The molecule has 3 aliphatic carbocycles. The molecular formula is C16H21F3N2O3. The Hall–Kier alpha value is -1.73. The first-order valence-electron chi connectivity index (χ1n) is 8.26. The van der Waals surface area contributed by atoms with Gasteiger partial charge in [-0.15, -0.1) is 0 Å². The highest BCUT2D eigenvalue weighted by atomic mass is 19.4. The predicted octanol–water partition coefficient (Wildman–Crippen LogP) is 2.49. The summed E-state index contributed by atoms with van der Waals surface area (Å²) in [6, 6.07) is -0.599. The minimum Gasteiger partial charge on any atom is -0.481 e. The van der Waals surface area contributed by atoms with Crippen molar-refractivity contribution < 1.29 is 27.9 Å². The Balaban J connectivity index is 1.56. The maximum absolute atomic E-state index is 13.0. The first-order chi connectivity index (χ1) is 11.3. The molecular weight excluding hydrogens is 325 g/mol. The van der Waals surface area contributed by atoms with E-state index < -0.39 is 43.1 Å². The van der Waals surface area contributed by atoms with Crippen LogP contribution in [0, 0.1) is 29.6 Å². The van der Waals surface area contributed by atoms with Gasteiger partial charge < -0.3 is 15.3 Å². The summed E-state index contributed by atoms with van der Waals surface area (Å²) in [5.41, 5.74) is 0. The average Bonchev–Trinajstić information content (AvgIpc) is 3.00. The molecule has 0 aromatic carbocycles. The molecule has 1 saturated carbocycles. The van der Waals surface area contributed by atoms with Crippen LogP contribution < -0.4 is 5.32 Å². The molecule has 5 atom stereocenters. The van der Waals surface area contributed by atoms with Crippen molar-refractivity contribution in [2.75, 3.05) is 19.6 Å². The van der Waals surface area contributed by atoms with Gasteiger partial charge >= 0.3 is 18.2 Å². The largest absolute Gasteiger partial charge is 0.481 e. The summed E-state index contributed by atoms with van der Waals surface area (Å²) in [7, 11) is 0. The van der Waals surface area contributed by atoms with E-state index in [2.05, 4.69) is 17.5 Å². The van der Waals surface area contributed by atoms with E-state index in [0.717, 1.165) is 24.2 Å².